The van der Waals surface area contributed by atoms with Crippen LogP contribution < -0.4 is 5.32 Å². The lowest BCUT2D eigenvalue weighted by atomic mass is 10.2. The zero-order chi connectivity index (χ0) is 14.8. The van der Waals surface area contributed by atoms with Crippen LogP contribution in [-0.4, -0.2) is 37.7 Å². The van der Waals surface area contributed by atoms with Gasteiger partial charge in [0.2, 0.25) is 0 Å². The average molecular weight is 274 g/mol. The lowest BCUT2D eigenvalue weighted by Gasteiger charge is -2.29. The van der Waals surface area contributed by atoms with Crippen LogP contribution in [0.2, 0.25) is 0 Å². The van der Waals surface area contributed by atoms with Gasteiger partial charge in [0.1, 0.15) is 0 Å². The van der Waals surface area contributed by atoms with Crippen LogP contribution in [0.1, 0.15) is 20.3 Å². The molecule has 1 heterocycles. The number of hydrogen-bond acceptors (Lipinski definition) is 3. The summed E-state index contributed by atoms with van der Waals surface area (Å²) >= 11 is 0. The van der Waals surface area contributed by atoms with E-state index in [0.29, 0.717) is 12.4 Å². The second-order valence-corrected chi connectivity index (χ2v) is 4.82. The van der Waals surface area contributed by atoms with Gasteiger partial charge in [0.15, 0.2) is 5.76 Å². The van der Waals surface area contributed by atoms with Crippen molar-refractivity contribution in [3.63, 3.8) is 0 Å². The van der Waals surface area contributed by atoms with Crippen molar-refractivity contribution in [2.45, 2.75) is 20.3 Å². The standard InChI is InChI=1S/C17H26N2O/c1-5-15(3)9-14-20-17(6-2)8-7-16(4)19-12-10-18-11-13-19/h5-7,18H,2,4,9-14H2,1,3H3/b15-5-. The molecule has 0 radical (unpaired) electrons. The molecule has 0 unspecified atom stereocenters. The van der Waals surface area contributed by atoms with Crippen LogP contribution in [0.5, 0.6) is 0 Å². The van der Waals surface area contributed by atoms with E-state index in [4.69, 9.17) is 4.74 Å². The summed E-state index contributed by atoms with van der Waals surface area (Å²) in [6.45, 7) is 16.6. The second-order valence-electron chi connectivity index (χ2n) is 4.82. The number of rotatable bonds is 7. The number of ether oxygens (including phenoxy) is 1. The molecule has 0 bridgehead atoms. The fraction of sp³-hybridized carbons (Fsp3) is 0.471. The van der Waals surface area contributed by atoms with Crippen molar-refractivity contribution >= 4 is 0 Å². The zero-order valence-corrected chi connectivity index (χ0v) is 12.7. The van der Waals surface area contributed by atoms with E-state index in [9.17, 15) is 0 Å². The third-order valence-electron chi connectivity index (χ3n) is 3.34. The Bertz CT molecular complexity index is 422. The van der Waals surface area contributed by atoms with Crippen molar-refractivity contribution < 1.29 is 4.74 Å². The average Bonchev–Trinajstić information content (AvgIpc) is 2.50. The molecule has 1 saturated heterocycles. The maximum atomic E-state index is 5.64. The summed E-state index contributed by atoms with van der Waals surface area (Å²) in [5.74, 6) is 0.671. The molecule has 0 aromatic carbocycles. The summed E-state index contributed by atoms with van der Waals surface area (Å²) in [7, 11) is 0. The summed E-state index contributed by atoms with van der Waals surface area (Å²) in [6.07, 6.45) is 6.59. The summed E-state index contributed by atoms with van der Waals surface area (Å²) in [5.41, 5.74) is 5.42. The van der Waals surface area contributed by atoms with Crippen molar-refractivity contribution in [1.29, 1.82) is 0 Å². The Morgan fingerprint density at radius 3 is 2.70 bits per heavy atom. The molecule has 0 amide bonds. The quantitative estimate of drug-likeness (QED) is 0.334. The molecule has 0 atom stereocenters. The molecule has 20 heavy (non-hydrogen) atoms. The fourth-order valence-electron chi connectivity index (χ4n) is 1.82. The van der Waals surface area contributed by atoms with E-state index in [2.05, 4.69) is 42.1 Å². The number of hydrogen-bond donors (Lipinski definition) is 1. The molecular formula is C17H26N2O. The summed E-state index contributed by atoms with van der Waals surface area (Å²) in [5, 5.41) is 3.32. The third-order valence-corrected chi connectivity index (χ3v) is 3.34. The van der Waals surface area contributed by atoms with Gasteiger partial charge in [-0.1, -0.05) is 30.5 Å². The lowest BCUT2D eigenvalue weighted by molar-refractivity contribution is 0.229. The number of nitrogens with zero attached hydrogens (tertiary/aromatic N) is 1. The Balaban J connectivity index is 2.51. The maximum absolute atomic E-state index is 5.64. The molecule has 3 heteroatoms. The van der Waals surface area contributed by atoms with Crippen molar-refractivity contribution in [2.24, 2.45) is 0 Å². The normalized spacial score (nSPS) is 15.3. The van der Waals surface area contributed by atoms with E-state index >= 15 is 0 Å². The van der Waals surface area contributed by atoms with Crippen molar-refractivity contribution in [3.8, 4) is 0 Å². The Morgan fingerprint density at radius 2 is 2.10 bits per heavy atom. The monoisotopic (exact) mass is 274 g/mol. The van der Waals surface area contributed by atoms with Gasteiger partial charge >= 0.3 is 0 Å². The minimum absolute atomic E-state index is 0.651. The fourth-order valence-corrected chi connectivity index (χ4v) is 1.82. The van der Waals surface area contributed by atoms with E-state index < -0.39 is 0 Å². The smallest absolute Gasteiger partial charge is 0.161 e. The molecule has 0 spiro atoms. The summed E-state index contributed by atoms with van der Waals surface area (Å²) in [4.78, 5) is 2.24. The first-order valence-corrected chi connectivity index (χ1v) is 7.15. The largest absolute Gasteiger partial charge is 0.486 e. The lowest BCUT2D eigenvalue weighted by Crippen LogP contribution is -2.42. The molecule has 1 N–H and O–H groups in total. The molecule has 1 fully saturated rings. The van der Waals surface area contributed by atoms with Gasteiger partial charge in [-0.05, 0) is 19.9 Å². The van der Waals surface area contributed by atoms with Gasteiger partial charge in [-0.2, -0.15) is 0 Å². The van der Waals surface area contributed by atoms with Crippen molar-refractivity contribution in [2.75, 3.05) is 32.8 Å². The van der Waals surface area contributed by atoms with E-state index in [0.717, 1.165) is 38.3 Å². The highest BCUT2D eigenvalue weighted by Crippen LogP contribution is 2.07. The predicted octanol–water partition coefficient (Wildman–Crippen LogP) is 3.00. The first-order valence-electron chi connectivity index (χ1n) is 7.15. The van der Waals surface area contributed by atoms with E-state index in [1.807, 2.05) is 13.0 Å². The SMILES string of the molecule is C=CC(=C=CC(=C)N1CCNCC1)OCC/C(C)=C\C. The van der Waals surface area contributed by atoms with Gasteiger partial charge < -0.3 is 15.0 Å². The molecule has 0 saturated carbocycles. The predicted molar refractivity (Wildman–Crippen MR) is 85.4 cm³/mol. The van der Waals surface area contributed by atoms with Crippen LogP contribution >= 0.6 is 0 Å². The number of nitrogens with one attached hydrogen (secondary N) is 1. The summed E-state index contributed by atoms with van der Waals surface area (Å²) < 4.78 is 5.64. The van der Waals surface area contributed by atoms with Crippen LogP contribution in [-0.2, 0) is 4.74 Å². The highest BCUT2D eigenvalue weighted by molar-refractivity contribution is 5.18. The highest BCUT2D eigenvalue weighted by Gasteiger charge is 2.08. The van der Waals surface area contributed by atoms with Gasteiger partial charge in [0.05, 0.1) is 6.61 Å². The van der Waals surface area contributed by atoms with Gasteiger partial charge in [-0.3, -0.25) is 0 Å². The molecule has 0 aromatic heterocycles. The van der Waals surface area contributed by atoms with E-state index in [1.165, 1.54) is 5.57 Å². The van der Waals surface area contributed by atoms with Crippen LogP contribution in [0.25, 0.3) is 0 Å². The van der Waals surface area contributed by atoms with Crippen LogP contribution in [0, 0.1) is 0 Å². The van der Waals surface area contributed by atoms with Gasteiger partial charge in [0.25, 0.3) is 0 Å². The Labute approximate surface area is 123 Å². The van der Waals surface area contributed by atoms with Crippen LogP contribution in [0.4, 0.5) is 0 Å². The van der Waals surface area contributed by atoms with Crippen LogP contribution in [0.3, 0.4) is 0 Å². The molecular weight excluding hydrogens is 248 g/mol. The second kappa shape index (κ2) is 9.24. The Kier molecular flexibility index (Phi) is 7.56. The van der Waals surface area contributed by atoms with Gasteiger partial charge in [0, 0.05) is 44.4 Å². The van der Waals surface area contributed by atoms with Crippen molar-refractivity contribution in [1.82, 2.24) is 10.2 Å². The molecule has 1 rings (SSSR count). The number of allylic oxidation sites excluding steroid dienone is 2. The first kappa shape index (κ1) is 16.4. The Hall–Kier alpha value is -1.70. The highest BCUT2D eigenvalue weighted by atomic mass is 16.5. The molecule has 3 nitrogen and oxygen atoms in total. The minimum Gasteiger partial charge on any atom is -0.486 e. The minimum atomic E-state index is 0.651. The summed E-state index contributed by atoms with van der Waals surface area (Å²) in [6, 6.07) is 0. The third kappa shape index (κ3) is 5.96. The van der Waals surface area contributed by atoms with Crippen molar-refractivity contribution in [3.05, 3.63) is 54.1 Å². The Morgan fingerprint density at radius 1 is 1.40 bits per heavy atom. The van der Waals surface area contributed by atoms with Gasteiger partial charge in [-0.15, -0.1) is 0 Å². The van der Waals surface area contributed by atoms with Gasteiger partial charge in [-0.25, -0.2) is 0 Å². The molecule has 0 aromatic rings. The number of piperazine rings is 1. The first-order chi connectivity index (χ1) is 9.67. The van der Waals surface area contributed by atoms with E-state index in [1.54, 1.807) is 6.08 Å². The zero-order valence-electron chi connectivity index (χ0n) is 12.7. The van der Waals surface area contributed by atoms with Crippen LogP contribution in [0.15, 0.2) is 54.1 Å². The molecule has 110 valence electrons. The van der Waals surface area contributed by atoms with E-state index in [-0.39, 0.29) is 0 Å². The topological polar surface area (TPSA) is 24.5 Å². The maximum Gasteiger partial charge on any atom is 0.161 e. The molecule has 1 aliphatic rings. The molecule has 0 aliphatic carbocycles. The molecule has 1 aliphatic heterocycles.